The van der Waals surface area contributed by atoms with Crippen molar-refractivity contribution >= 4 is 27.0 Å². The first kappa shape index (κ1) is 8.83. The summed E-state index contributed by atoms with van der Waals surface area (Å²) in [7, 11) is 0. The Morgan fingerprint density at radius 3 is 2.82 bits per heavy atom. The summed E-state index contributed by atoms with van der Waals surface area (Å²) in [5, 5.41) is 0. The van der Waals surface area contributed by atoms with E-state index in [2.05, 4.69) is 20.9 Å². The summed E-state index contributed by atoms with van der Waals surface area (Å²) in [6.45, 7) is 0. The zero-order valence-electron chi connectivity index (χ0n) is 5.49. The van der Waals surface area contributed by atoms with Crippen LogP contribution in [0.25, 0.3) is 0 Å². The van der Waals surface area contributed by atoms with Crippen LogP contribution >= 0.6 is 15.9 Å². The van der Waals surface area contributed by atoms with Crippen LogP contribution in [0, 0.1) is 0 Å². The van der Waals surface area contributed by atoms with Crippen molar-refractivity contribution < 1.29 is 8.76 Å². The van der Waals surface area contributed by atoms with Gasteiger partial charge in [0.25, 0.3) is 0 Å². The average molecular weight is 235 g/mol. The van der Waals surface area contributed by atoms with Gasteiger partial charge in [-0.3, -0.25) is 4.21 Å². The Morgan fingerprint density at radius 1 is 1.64 bits per heavy atom. The Balaban J connectivity index is 2.74. The van der Waals surface area contributed by atoms with Gasteiger partial charge in [0.05, 0.1) is 0 Å². The fraction of sp³-hybridized carbons (Fsp3) is 0.167. The molecule has 0 N–H and O–H groups in total. The zero-order valence-corrected chi connectivity index (χ0v) is 7.89. The van der Waals surface area contributed by atoms with E-state index in [0.29, 0.717) is 10.2 Å². The van der Waals surface area contributed by atoms with E-state index in [1.807, 2.05) is 0 Å². The van der Waals surface area contributed by atoms with E-state index in [9.17, 15) is 8.76 Å². The number of hydrogen-bond acceptors (Lipinski definition) is 3. The fourth-order valence-corrected chi connectivity index (χ4v) is 1.31. The van der Waals surface area contributed by atoms with E-state index in [0.717, 1.165) is 0 Å². The summed E-state index contributed by atoms with van der Waals surface area (Å²) in [4.78, 5) is 3.88. The second-order valence-electron chi connectivity index (χ2n) is 1.94. The van der Waals surface area contributed by atoms with Crippen molar-refractivity contribution in [3.8, 4) is 0 Å². The molecule has 1 unspecified atom stereocenters. The summed E-state index contributed by atoms with van der Waals surface area (Å²) >= 11 is 1.12. The molecule has 0 saturated heterocycles. The van der Waals surface area contributed by atoms with Crippen molar-refractivity contribution in [2.24, 2.45) is 0 Å². The summed E-state index contributed by atoms with van der Waals surface area (Å²) in [6, 6.07) is 3.43. The molecule has 0 saturated carbocycles. The van der Waals surface area contributed by atoms with Crippen molar-refractivity contribution in [3.05, 3.63) is 28.5 Å². The lowest BCUT2D eigenvalue weighted by atomic mass is 10.3. The van der Waals surface area contributed by atoms with E-state index in [-0.39, 0.29) is 5.75 Å². The van der Waals surface area contributed by atoms with Gasteiger partial charge in [0.1, 0.15) is 4.60 Å². The minimum atomic E-state index is -2.03. The maximum atomic E-state index is 10.2. The lowest BCUT2D eigenvalue weighted by molar-refractivity contribution is 0.536. The lowest BCUT2D eigenvalue weighted by Gasteiger charge is -2.03. The van der Waals surface area contributed by atoms with E-state index in [4.69, 9.17) is 0 Å². The largest absolute Gasteiger partial charge is 0.772 e. The molecule has 0 radical (unpaired) electrons. The third-order valence-electron chi connectivity index (χ3n) is 1.07. The normalized spacial score (nSPS) is 12.9. The van der Waals surface area contributed by atoms with Crippen LogP contribution in [0.15, 0.2) is 22.9 Å². The zero-order chi connectivity index (χ0) is 8.27. The summed E-state index contributed by atoms with van der Waals surface area (Å²) in [5.41, 5.74) is 0.696. The molecule has 0 aliphatic rings. The second-order valence-corrected chi connectivity index (χ2v) is 3.65. The van der Waals surface area contributed by atoms with Crippen LogP contribution in [-0.4, -0.2) is 13.7 Å². The van der Waals surface area contributed by atoms with E-state index < -0.39 is 11.1 Å². The molecule has 60 valence electrons. The highest BCUT2D eigenvalue weighted by Crippen LogP contribution is 2.07. The second kappa shape index (κ2) is 3.94. The number of nitrogens with zero attached hydrogens (tertiary/aromatic N) is 1. The topological polar surface area (TPSA) is 53.0 Å². The van der Waals surface area contributed by atoms with Crippen molar-refractivity contribution in [3.63, 3.8) is 0 Å². The highest BCUT2D eigenvalue weighted by molar-refractivity contribution is 9.10. The predicted octanol–water partition coefficient (Wildman–Crippen LogP) is 1.22. The summed E-state index contributed by atoms with van der Waals surface area (Å²) < 4.78 is 21.1. The summed E-state index contributed by atoms with van der Waals surface area (Å²) in [5.74, 6) is 0.0281. The van der Waals surface area contributed by atoms with Gasteiger partial charge in [0.15, 0.2) is 0 Å². The minimum absolute atomic E-state index is 0.0281. The monoisotopic (exact) mass is 234 g/mol. The van der Waals surface area contributed by atoms with Gasteiger partial charge >= 0.3 is 0 Å². The quantitative estimate of drug-likeness (QED) is 0.572. The Morgan fingerprint density at radius 2 is 2.36 bits per heavy atom. The van der Waals surface area contributed by atoms with E-state index in [1.165, 1.54) is 6.20 Å². The number of halogens is 1. The van der Waals surface area contributed by atoms with Crippen LogP contribution in [0.2, 0.25) is 0 Å². The smallest absolute Gasteiger partial charge is 0.106 e. The van der Waals surface area contributed by atoms with E-state index >= 15 is 0 Å². The molecule has 0 amide bonds. The van der Waals surface area contributed by atoms with Crippen LogP contribution in [0.5, 0.6) is 0 Å². The number of rotatable bonds is 2. The third kappa shape index (κ3) is 3.09. The molecule has 0 aliphatic carbocycles. The molecule has 0 aromatic carbocycles. The van der Waals surface area contributed by atoms with Crippen molar-refractivity contribution in [2.75, 3.05) is 0 Å². The molecule has 0 bridgehead atoms. The minimum Gasteiger partial charge on any atom is -0.772 e. The van der Waals surface area contributed by atoms with Crippen molar-refractivity contribution in [1.82, 2.24) is 4.98 Å². The molecular weight excluding hydrogens is 230 g/mol. The standard InChI is InChI=1S/C6H6BrNO2S/c7-6-2-1-5(3-8-6)4-11(9)10/h1-3H,4H2,(H,9,10)/p-1. The molecule has 1 rings (SSSR count). The van der Waals surface area contributed by atoms with Crippen LogP contribution in [0.1, 0.15) is 5.56 Å². The van der Waals surface area contributed by atoms with E-state index in [1.54, 1.807) is 12.1 Å². The lowest BCUT2D eigenvalue weighted by Crippen LogP contribution is -1.93. The molecule has 1 aromatic heterocycles. The first-order valence-electron chi connectivity index (χ1n) is 2.85. The molecular formula is C6H5BrNO2S-. The van der Waals surface area contributed by atoms with Gasteiger partial charge in [0.2, 0.25) is 0 Å². The van der Waals surface area contributed by atoms with Crippen LogP contribution in [-0.2, 0) is 16.8 Å². The molecule has 0 aliphatic heterocycles. The summed E-state index contributed by atoms with van der Waals surface area (Å²) in [6.07, 6.45) is 1.53. The first-order chi connectivity index (χ1) is 5.18. The molecule has 0 spiro atoms. The predicted molar refractivity (Wildman–Crippen MR) is 44.6 cm³/mol. The molecule has 3 nitrogen and oxygen atoms in total. The first-order valence-corrected chi connectivity index (χ1v) is 4.88. The van der Waals surface area contributed by atoms with Crippen LogP contribution in [0.4, 0.5) is 0 Å². The Bertz CT molecular complexity index is 262. The molecule has 0 fully saturated rings. The van der Waals surface area contributed by atoms with Gasteiger partial charge in [-0.05, 0) is 27.6 Å². The van der Waals surface area contributed by atoms with Gasteiger partial charge < -0.3 is 4.55 Å². The average Bonchev–Trinajstić information content (AvgIpc) is 1.93. The molecule has 11 heavy (non-hydrogen) atoms. The van der Waals surface area contributed by atoms with Crippen molar-refractivity contribution in [2.45, 2.75) is 5.75 Å². The Kier molecular flexibility index (Phi) is 3.16. The van der Waals surface area contributed by atoms with Gasteiger partial charge in [-0.25, -0.2) is 4.98 Å². The van der Waals surface area contributed by atoms with Gasteiger partial charge in [-0.2, -0.15) is 0 Å². The fourth-order valence-electron chi connectivity index (χ4n) is 0.628. The highest BCUT2D eigenvalue weighted by atomic mass is 79.9. The molecule has 1 atom stereocenters. The SMILES string of the molecule is O=S([O-])Cc1ccc(Br)nc1. The van der Waals surface area contributed by atoms with Crippen molar-refractivity contribution in [1.29, 1.82) is 0 Å². The molecule has 1 heterocycles. The van der Waals surface area contributed by atoms with Crippen LogP contribution < -0.4 is 0 Å². The molecule has 5 heteroatoms. The number of aromatic nitrogens is 1. The van der Waals surface area contributed by atoms with Gasteiger partial charge in [-0.15, -0.1) is 0 Å². The Hall–Kier alpha value is -0.260. The van der Waals surface area contributed by atoms with Gasteiger partial charge in [0, 0.05) is 11.9 Å². The Labute approximate surface area is 75.3 Å². The maximum Gasteiger partial charge on any atom is 0.106 e. The van der Waals surface area contributed by atoms with Gasteiger partial charge in [-0.1, -0.05) is 17.1 Å². The molecule has 1 aromatic rings. The number of pyridine rings is 1. The maximum absolute atomic E-state index is 10.2. The number of hydrogen-bond donors (Lipinski definition) is 0. The third-order valence-corrected chi connectivity index (χ3v) is 2.11. The van der Waals surface area contributed by atoms with Crippen LogP contribution in [0.3, 0.4) is 0 Å². The highest BCUT2D eigenvalue weighted by Gasteiger charge is 1.92.